The van der Waals surface area contributed by atoms with Crippen LogP contribution in [0.5, 0.6) is 5.75 Å². The van der Waals surface area contributed by atoms with Gasteiger partial charge in [-0.25, -0.2) is 4.39 Å². The van der Waals surface area contributed by atoms with Crippen molar-refractivity contribution in [3.05, 3.63) is 28.0 Å². The van der Waals surface area contributed by atoms with E-state index in [2.05, 4.69) is 15.9 Å². The molecule has 0 saturated carbocycles. The minimum Gasteiger partial charge on any atom is -0.496 e. The van der Waals surface area contributed by atoms with Crippen molar-refractivity contribution < 1.29 is 14.2 Å². The first-order valence-electron chi connectivity index (χ1n) is 4.68. The molecule has 2 nitrogen and oxygen atoms in total. The second-order valence-electron chi connectivity index (χ2n) is 3.70. The van der Waals surface area contributed by atoms with Gasteiger partial charge in [-0.2, -0.15) is 0 Å². The molecule has 0 radical (unpaired) electrons. The Labute approximate surface area is 97.2 Å². The smallest absolute Gasteiger partial charge is 0.141 e. The lowest BCUT2D eigenvalue weighted by Crippen LogP contribution is -2.07. The SMILES string of the molecule is COc1cc(F)c(Br)cc1C(O)C(C)C. The minimum absolute atomic E-state index is 0.0521. The molecule has 0 aliphatic heterocycles. The summed E-state index contributed by atoms with van der Waals surface area (Å²) in [5, 5.41) is 9.90. The first-order valence-corrected chi connectivity index (χ1v) is 5.47. The molecule has 1 N–H and O–H groups in total. The summed E-state index contributed by atoms with van der Waals surface area (Å²) in [6.07, 6.45) is -0.656. The quantitative estimate of drug-likeness (QED) is 0.918. The lowest BCUT2D eigenvalue weighted by atomic mass is 9.98. The van der Waals surface area contributed by atoms with Gasteiger partial charge in [-0.3, -0.25) is 0 Å². The number of ether oxygens (including phenoxy) is 1. The topological polar surface area (TPSA) is 29.5 Å². The highest BCUT2D eigenvalue weighted by atomic mass is 79.9. The zero-order valence-corrected chi connectivity index (χ0v) is 10.5. The van der Waals surface area contributed by atoms with Gasteiger partial charge >= 0.3 is 0 Å². The first kappa shape index (κ1) is 12.5. The number of rotatable bonds is 3. The number of hydrogen-bond acceptors (Lipinski definition) is 2. The van der Waals surface area contributed by atoms with Crippen LogP contribution in [0.1, 0.15) is 25.5 Å². The molecule has 1 aromatic carbocycles. The summed E-state index contributed by atoms with van der Waals surface area (Å²) >= 11 is 3.09. The van der Waals surface area contributed by atoms with Crippen LogP contribution in [0.25, 0.3) is 0 Å². The van der Waals surface area contributed by atoms with Crippen molar-refractivity contribution in [3.8, 4) is 5.75 Å². The lowest BCUT2D eigenvalue weighted by Gasteiger charge is -2.18. The number of aliphatic hydroxyl groups is 1. The summed E-state index contributed by atoms with van der Waals surface area (Å²) in [4.78, 5) is 0. The molecule has 0 bridgehead atoms. The third-order valence-electron chi connectivity index (χ3n) is 2.22. The number of aliphatic hydroxyl groups excluding tert-OH is 1. The second kappa shape index (κ2) is 4.94. The van der Waals surface area contributed by atoms with E-state index < -0.39 is 11.9 Å². The number of benzene rings is 1. The summed E-state index contributed by atoms with van der Waals surface area (Å²) in [6.45, 7) is 3.78. The zero-order chi connectivity index (χ0) is 11.6. The van der Waals surface area contributed by atoms with Crippen LogP contribution < -0.4 is 4.74 Å². The predicted molar refractivity (Wildman–Crippen MR) is 60.4 cm³/mol. The maximum atomic E-state index is 13.2. The van der Waals surface area contributed by atoms with Gasteiger partial charge in [-0.05, 0) is 27.9 Å². The average molecular weight is 277 g/mol. The van der Waals surface area contributed by atoms with Gasteiger partial charge in [0.05, 0.1) is 17.7 Å². The van der Waals surface area contributed by atoms with Crippen molar-refractivity contribution in [2.24, 2.45) is 5.92 Å². The Hall–Kier alpha value is -0.610. The van der Waals surface area contributed by atoms with Crippen molar-refractivity contribution in [2.75, 3.05) is 7.11 Å². The molecule has 0 aliphatic rings. The Balaban J connectivity index is 3.21. The maximum Gasteiger partial charge on any atom is 0.141 e. The maximum absolute atomic E-state index is 13.2. The molecule has 0 amide bonds. The predicted octanol–water partition coefficient (Wildman–Crippen LogP) is 3.29. The molecule has 0 heterocycles. The lowest BCUT2D eigenvalue weighted by molar-refractivity contribution is 0.123. The molecular formula is C11H14BrFO2. The van der Waals surface area contributed by atoms with Gasteiger partial charge in [0.2, 0.25) is 0 Å². The second-order valence-corrected chi connectivity index (χ2v) is 4.55. The Bertz CT molecular complexity index is 353. The molecule has 15 heavy (non-hydrogen) atoms. The molecule has 1 atom stereocenters. The van der Waals surface area contributed by atoms with E-state index in [0.29, 0.717) is 15.8 Å². The fourth-order valence-corrected chi connectivity index (χ4v) is 1.67. The fraction of sp³-hybridized carbons (Fsp3) is 0.455. The molecular weight excluding hydrogens is 263 g/mol. The van der Waals surface area contributed by atoms with Crippen molar-refractivity contribution in [3.63, 3.8) is 0 Å². The van der Waals surface area contributed by atoms with E-state index in [1.165, 1.54) is 13.2 Å². The van der Waals surface area contributed by atoms with Crippen LogP contribution in [0.4, 0.5) is 4.39 Å². The van der Waals surface area contributed by atoms with Gasteiger partial charge in [0, 0.05) is 11.6 Å². The molecule has 0 spiro atoms. The van der Waals surface area contributed by atoms with E-state index >= 15 is 0 Å². The van der Waals surface area contributed by atoms with Crippen molar-refractivity contribution in [1.29, 1.82) is 0 Å². The van der Waals surface area contributed by atoms with Gasteiger partial charge in [0.25, 0.3) is 0 Å². The molecule has 1 rings (SSSR count). The fourth-order valence-electron chi connectivity index (χ4n) is 1.31. The molecule has 4 heteroatoms. The highest BCUT2D eigenvalue weighted by molar-refractivity contribution is 9.10. The standard InChI is InChI=1S/C11H14BrFO2/c1-6(2)11(14)7-4-8(12)9(13)5-10(7)15-3/h4-6,11,14H,1-3H3. The summed E-state index contributed by atoms with van der Waals surface area (Å²) in [5.41, 5.74) is 0.598. The van der Waals surface area contributed by atoms with Gasteiger partial charge in [0.1, 0.15) is 11.6 Å². The zero-order valence-electron chi connectivity index (χ0n) is 8.92. The third kappa shape index (κ3) is 2.69. The normalized spacial score (nSPS) is 13.0. The summed E-state index contributed by atoms with van der Waals surface area (Å²) in [6, 6.07) is 2.82. The van der Waals surface area contributed by atoms with E-state index in [0.717, 1.165) is 0 Å². The molecule has 0 saturated heterocycles. The average Bonchev–Trinajstić information content (AvgIpc) is 2.20. The van der Waals surface area contributed by atoms with Gasteiger partial charge in [-0.1, -0.05) is 13.8 Å². The minimum atomic E-state index is -0.656. The third-order valence-corrected chi connectivity index (χ3v) is 2.83. The monoisotopic (exact) mass is 276 g/mol. The van der Waals surface area contributed by atoms with E-state index in [1.807, 2.05) is 13.8 Å². The Morgan fingerprint density at radius 3 is 2.47 bits per heavy atom. The van der Waals surface area contributed by atoms with Crippen LogP contribution in [0.15, 0.2) is 16.6 Å². The van der Waals surface area contributed by atoms with Gasteiger partial charge in [0.15, 0.2) is 0 Å². The summed E-state index contributed by atoms with van der Waals surface area (Å²) < 4.78 is 18.6. The highest BCUT2D eigenvalue weighted by Crippen LogP contribution is 2.33. The highest BCUT2D eigenvalue weighted by Gasteiger charge is 2.18. The molecule has 1 aromatic rings. The van der Waals surface area contributed by atoms with Crippen molar-refractivity contribution in [1.82, 2.24) is 0 Å². The van der Waals surface area contributed by atoms with Crippen LogP contribution in [0, 0.1) is 11.7 Å². The number of hydrogen-bond donors (Lipinski definition) is 1. The van der Waals surface area contributed by atoms with Crippen LogP contribution in [-0.2, 0) is 0 Å². The number of methoxy groups -OCH3 is 1. The summed E-state index contributed by atoms with van der Waals surface area (Å²) in [7, 11) is 1.46. The van der Waals surface area contributed by atoms with E-state index in [9.17, 15) is 9.50 Å². The molecule has 0 fully saturated rings. The first-order chi connectivity index (χ1) is 6.97. The largest absolute Gasteiger partial charge is 0.496 e. The van der Waals surface area contributed by atoms with E-state index in [-0.39, 0.29) is 5.92 Å². The van der Waals surface area contributed by atoms with Crippen LogP contribution in [-0.4, -0.2) is 12.2 Å². The van der Waals surface area contributed by atoms with Gasteiger partial charge in [-0.15, -0.1) is 0 Å². The Kier molecular flexibility index (Phi) is 4.11. The Morgan fingerprint density at radius 2 is 2.00 bits per heavy atom. The Morgan fingerprint density at radius 1 is 1.40 bits per heavy atom. The van der Waals surface area contributed by atoms with Crippen LogP contribution >= 0.6 is 15.9 Å². The summed E-state index contributed by atoms with van der Waals surface area (Å²) in [5.74, 6) is 0.0275. The molecule has 0 aromatic heterocycles. The van der Waals surface area contributed by atoms with Crippen molar-refractivity contribution in [2.45, 2.75) is 20.0 Å². The van der Waals surface area contributed by atoms with Crippen LogP contribution in [0.3, 0.4) is 0 Å². The van der Waals surface area contributed by atoms with E-state index in [1.54, 1.807) is 6.07 Å². The number of halogens is 2. The molecule has 1 unspecified atom stereocenters. The van der Waals surface area contributed by atoms with Crippen LogP contribution in [0.2, 0.25) is 0 Å². The van der Waals surface area contributed by atoms with Gasteiger partial charge < -0.3 is 9.84 Å². The molecule has 0 aliphatic carbocycles. The van der Waals surface area contributed by atoms with E-state index in [4.69, 9.17) is 4.74 Å². The van der Waals surface area contributed by atoms with Crippen molar-refractivity contribution >= 4 is 15.9 Å². The molecule has 84 valence electrons.